The first-order valence-corrected chi connectivity index (χ1v) is 10.5. The summed E-state index contributed by atoms with van der Waals surface area (Å²) in [6, 6.07) is 14.7. The zero-order valence-corrected chi connectivity index (χ0v) is 18.3. The van der Waals surface area contributed by atoms with Crippen LogP contribution in [0.4, 0.5) is 0 Å². The van der Waals surface area contributed by atoms with Gasteiger partial charge in [-0.3, -0.25) is 9.55 Å². The van der Waals surface area contributed by atoms with Gasteiger partial charge in [-0.05, 0) is 50.6 Å². The zero-order valence-electron chi connectivity index (χ0n) is 18.3. The molecule has 0 aliphatic rings. The Hall–Kier alpha value is -4.23. The summed E-state index contributed by atoms with van der Waals surface area (Å²) < 4.78 is 2.06. The molecule has 3 aromatic heterocycles. The van der Waals surface area contributed by atoms with E-state index in [0.29, 0.717) is 17.0 Å². The Bertz CT molecular complexity index is 1560. The van der Waals surface area contributed by atoms with Crippen LogP contribution in [-0.2, 0) is 0 Å². The summed E-state index contributed by atoms with van der Waals surface area (Å²) in [6.07, 6.45) is 11.1. The van der Waals surface area contributed by atoms with Crippen LogP contribution in [0.5, 0.6) is 0 Å². The van der Waals surface area contributed by atoms with E-state index in [1.54, 1.807) is 12.4 Å². The van der Waals surface area contributed by atoms with Crippen LogP contribution in [0, 0.1) is 33.1 Å². The molecular formula is C28H22N4. The molecule has 0 N–H and O–H groups in total. The van der Waals surface area contributed by atoms with Gasteiger partial charge in [-0.2, -0.15) is 0 Å². The summed E-state index contributed by atoms with van der Waals surface area (Å²) >= 11 is 0. The van der Waals surface area contributed by atoms with Crippen molar-refractivity contribution in [3.05, 3.63) is 89.4 Å². The van der Waals surface area contributed by atoms with Gasteiger partial charge in [0.2, 0.25) is 5.95 Å². The second-order valence-corrected chi connectivity index (χ2v) is 8.04. The van der Waals surface area contributed by atoms with Gasteiger partial charge in [0.15, 0.2) is 0 Å². The van der Waals surface area contributed by atoms with Crippen molar-refractivity contribution >= 4 is 27.9 Å². The van der Waals surface area contributed by atoms with Crippen molar-refractivity contribution in [2.24, 2.45) is 0 Å². The third-order valence-electron chi connectivity index (χ3n) is 5.81. The molecule has 0 unspecified atom stereocenters. The van der Waals surface area contributed by atoms with Crippen LogP contribution in [0.15, 0.2) is 61.4 Å². The fourth-order valence-corrected chi connectivity index (χ4v) is 4.45. The van der Waals surface area contributed by atoms with Crippen LogP contribution in [0.25, 0.3) is 45.1 Å². The highest BCUT2D eigenvalue weighted by atomic mass is 15.2. The van der Waals surface area contributed by atoms with Gasteiger partial charge in [0.25, 0.3) is 0 Å². The monoisotopic (exact) mass is 414 g/mol. The number of pyridine rings is 1. The van der Waals surface area contributed by atoms with Gasteiger partial charge < -0.3 is 0 Å². The molecule has 0 bridgehead atoms. The first-order chi connectivity index (χ1) is 15.5. The average molecular weight is 415 g/mol. The zero-order chi connectivity index (χ0) is 22.4. The Morgan fingerprint density at radius 2 is 1.72 bits per heavy atom. The lowest BCUT2D eigenvalue weighted by Gasteiger charge is -2.13. The number of aryl methyl sites for hydroxylation is 3. The fraction of sp³-hybridized carbons (Fsp3) is 0.107. The van der Waals surface area contributed by atoms with Crippen LogP contribution in [-0.4, -0.2) is 19.5 Å². The standard InChI is InChI=1S/C28H22N4/c1-6-20-15-29-16-23-26(20)30-28(31-27(23)21-13-17(3)12-18(4)14-21)32-24(7-2)19(5)22-10-8-9-11-25(22)32/h1,7-16H,2H2,3-5H3. The summed E-state index contributed by atoms with van der Waals surface area (Å²) in [5.41, 5.74) is 8.66. The van der Waals surface area contributed by atoms with Crippen molar-refractivity contribution in [3.63, 3.8) is 0 Å². The van der Waals surface area contributed by atoms with E-state index in [1.807, 2.05) is 18.2 Å². The summed E-state index contributed by atoms with van der Waals surface area (Å²) in [7, 11) is 0. The number of nitrogens with zero attached hydrogens (tertiary/aromatic N) is 4. The highest BCUT2D eigenvalue weighted by Crippen LogP contribution is 2.33. The van der Waals surface area contributed by atoms with Crippen molar-refractivity contribution in [2.45, 2.75) is 20.8 Å². The lowest BCUT2D eigenvalue weighted by atomic mass is 10.0. The maximum atomic E-state index is 5.82. The Kier molecular flexibility index (Phi) is 4.61. The molecule has 0 atom stereocenters. The van der Waals surface area contributed by atoms with E-state index in [4.69, 9.17) is 16.4 Å². The largest absolute Gasteiger partial charge is 0.278 e. The van der Waals surface area contributed by atoms with Crippen LogP contribution in [0.2, 0.25) is 0 Å². The molecule has 0 aliphatic heterocycles. The SMILES string of the molecule is C#Cc1cncc2c(-c3cc(C)cc(C)c3)nc(-n3c(C=C)c(C)c4ccccc43)nc12. The second kappa shape index (κ2) is 7.47. The molecule has 0 spiro atoms. The lowest BCUT2D eigenvalue weighted by molar-refractivity contribution is 0.968. The van der Waals surface area contributed by atoms with Gasteiger partial charge >= 0.3 is 0 Å². The number of terminal acetylenes is 1. The number of benzene rings is 2. The van der Waals surface area contributed by atoms with Crippen LogP contribution in [0.3, 0.4) is 0 Å². The smallest absolute Gasteiger partial charge is 0.235 e. The minimum absolute atomic E-state index is 0.563. The highest BCUT2D eigenvalue weighted by Gasteiger charge is 2.19. The van der Waals surface area contributed by atoms with E-state index in [2.05, 4.69) is 73.2 Å². The number of hydrogen-bond donors (Lipinski definition) is 0. The van der Waals surface area contributed by atoms with Gasteiger partial charge in [-0.25, -0.2) is 9.97 Å². The first-order valence-electron chi connectivity index (χ1n) is 10.5. The molecule has 32 heavy (non-hydrogen) atoms. The highest BCUT2D eigenvalue weighted by molar-refractivity contribution is 5.96. The Morgan fingerprint density at radius 3 is 2.44 bits per heavy atom. The number of rotatable bonds is 3. The third kappa shape index (κ3) is 2.99. The third-order valence-corrected chi connectivity index (χ3v) is 5.81. The molecule has 5 rings (SSSR count). The molecule has 0 saturated carbocycles. The molecule has 0 saturated heterocycles. The number of para-hydroxylation sites is 1. The topological polar surface area (TPSA) is 43.6 Å². The normalized spacial score (nSPS) is 11.1. The average Bonchev–Trinajstić information content (AvgIpc) is 3.09. The summed E-state index contributed by atoms with van der Waals surface area (Å²) in [5.74, 6) is 3.30. The minimum Gasteiger partial charge on any atom is -0.278 e. The van der Waals surface area contributed by atoms with Crippen molar-refractivity contribution in [2.75, 3.05) is 0 Å². The molecule has 0 fully saturated rings. The van der Waals surface area contributed by atoms with Gasteiger partial charge in [0.05, 0.1) is 28.0 Å². The predicted octanol–water partition coefficient (Wildman–Crippen LogP) is 6.19. The number of fused-ring (bicyclic) bond motifs is 2. The van der Waals surface area contributed by atoms with E-state index in [9.17, 15) is 0 Å². The van der Waals surface area contributed by atoms with E-state index in [1.165, 1.54) is 11.1 Å². The molecule has 0 radical (unpaired) electrons. The molecule has 3 heterocycles. The van der Waals surface area contributed by atoms with Crippen LogP contribution < -0.4 is 0 Å². The predicted molar refractivity (Wildman–Crippen MR) is 132 cm³/mol. The number of hydrogen-bond acceptors (Lipinski definition) is 3. The molecule has 2 aromatic carbocycles. The molecule has 154 valence electrons. The quantitative estimate of drug-likeness (QED) is 0.331. The van der Waals surface area contributed by atoms with Crippen molar-refractivity contribution in [1.29, 1.82) is 0 Å². The summed E-state index contributed by atoms with van der Waals surface area (Å²) in [5, 5.41) is 1.98. The van der Waals surface area contributed by atoms with Crippen LogP contribution in [0.1, 0.15) is 27.9 Å². The molecular weight excluding hydrogens is 392 g/mol. The van der Waals surface area contributed by atoms with Gasteiger partial charge in [-0.15, -0.1) is 6.42 Å². The number of aromatic nitrogens is 4. The lowest BCUT2D eigenvalue weighted by Crippen LogP contribution is -2.06. The van der Waals surface area contributed by atoms with Gasteiger partial charge in [0, 0.05) is 28.7 Å². The fourth-order valence-electron chi connectivity index (χ4n) is 4.45. The molecule has 0 amide bonds. The van der Waals surface area contributed by atoms with Gasteiger partial charge in [-0.1, -0.05) is 47.9 Å². The van der Waals surface area contributed by atoms with Gasteiger partial charge in [0.1, 0.15) is 0 Å². The summed E-state index contributed by atoms with van der Waals surface area (Å²) in [6.45, 7) is 10.3. The molecule has 4 heteroatoms. The maximum Gasteiger partial charge on any atom is 0.235 e. The van der Waals surface area contributed by atoms with Crippen molar-refractivity contribution < 1.29 is 0 Å². The van der Waals surface area contributed by atoms with Crippen LogP contribution >= 0.6 is 0 Å². The van der Waals surface area contributed by atoms with E-state index in [0.717, 1.165) is 38.8 Å². The Balaban J connectivity index is 1.94. The molecule has 5 aromatic rings. The second-order valence-electron chi connectivity index (χ2n) is 8.04. The first kappa shape index (κ1) is 19.7. The Labute approximate surface area is 187 Å². The van der Waals surface area contributed by atoms with E-state index < -0.39 is 0 Å². The van der Waals surface area contributed by atoms with Crippen molar-refractivity contribution in [1.82, 2.24) is 19.5 Å². The summed E-state index contributed by atoms with van der Waals surface area (Å²) in [4.78, 5) is 14.4. The Morgan fingerprint density at radius 1 is 0.969 bits per heavy atom. The minimum atomic E-state index is 0.563. The van der Waals surface area contributed by atoms with Crippen molar-refractivity contribution in [3.8, 4) is 29.5 Å². The van der Waals surface area contributed by atoms with E-state index in [-0.39, 0.29) is 0 Å². The van der Waals surface area contributed by atoms with E-state index >= 15 is 0 Å². The maximum absolute atomic E-state index is 5.82. The molecule has 4 nitrogen and oxygen atoms in total. The molecule has 0 aliphatic carbocycles.